The van der Waals surface area contributed by atoms with Gasteiger partial charge in [0.05, 0.1) is 18.5 Å². The van der Waals surface area contributed by atoms with Gasteiger partial charge in [-0.25, -0.2) is 9.97 Å². The Morgan fingerprint density at radius 1 is 1.30 bits per heavy atom. The Bertz CT molecular complexity index is 1040. The molecule has 9 heteroatoms. The molecule has 1 amide bonds. The molecule has 0 radical (unpaired) electrons. The number of hydrogen-bond donors (Lipinski definition) is 2. The third-order valence-corrected chi connectivity index (χ3v) is 6.65. The molecule has 0 aromatic carbocycles. The molecule has 0 atom stereocenters. The summed E-state index contributed by atoms with van der Waals surface area (Å²) in [4.78, 5) is 37.3. The molecule has 0 unspecified atom stereocenters. The lowest BCUT2D eigenvalue weighted by atomic mass is 9.50. The minimum Gasteiger partial charge on any atom is -0.505 e. The van der Waals surface area contributed by atoms with E-state index in [1.165, 1.54) is 4.57 Å². The van der Waals surface area contributed by atoms with Crippen molar-refractivity contribution < 1.29 is 14.6 Å². The normalized spacial score (nSPS) is 26.0. The maximum Gasteiger partial charge on any atom is 0.269 e. The summed E-state index contributed by atoms with van der Waals surface area (Å²) in [6, 6.07) is 0. The van der Waals surface area contributed by atoms with Crippen molar-refractivity contribution in [2.75, 3.05) is 32.8 Å². The first-order valence-electron chi connectivity index (χ1n) is 10.7. The van der Waals surface area contributed by atoms with Crippen molar-refractivity contribution in [3.63, 3.8) is 0 Å². The van der Waals surface area contributed by atoms with Crippen molar-refractivity contribution in [2.45, 2.75) is 44.7 Å². The van der Waals surface area contributed by atoms with Crippen LogP contribution in [0.1, 0.15) is 41.7 Å². The van der Waals surface area contributed by atoms with Gasteiger partial charge >= 0.3 is 0 Å². The first-order chi connectivity index (χ1) is 14.5. The summed E-state index contributed by atoms with van der Waals surface area (Å²) in [5.41, 5.74) is 0.163. The molecule has 3 saturated carbocycles. The average Bonchev–Trinajstić information content (AvgIpc) is 2.93. The molecule has 1 saturated heterocycles. The maximum atomic E-state index is 13.3. The number of pyridine rings is 1. The van der Waals surface area contributed by atoms with Crippen LogP contribution in [0.4, 0.5) is 0 Å². The first kappa shape index (κ1) is 19.4. The molecule has 2 aromatic rings. The summed E-state index contributed by atoms with van der Waals surface area (Å²) in [6.07, 6.45) is 5.38. The highest BCUT2D eigenvalue weighted by Gasteiger charge is 2.57. The fourth-order valence-corrected chi connectivity index (χ4v) is 4.89. The number of aromatic hydroxyl groups is 1. The average molecular weight is 413 g/mol. The number of amides is 1. The second-order valence-electron chi connectivity index (χ2n) is 8.88. The zero-order chi connectivity index (χ0) is 20.9. The first-order valence-corrected chi connectivity index (χ1v) is 10.7. The van der Waals surface area contributed by atoms with Gasteiger partial charge in [0.1, 0.15) is 11.1 Å². The topological polar surface area (TPSA) is 110 Å². The van der Waals surface area contributed by atoms with Crippen LogP contribution in [0.5, 0.6) is 5.75 Å². The Hall–Kier alpha value is -2.52. The number of rotatable bonds is 5. The summed E-state index contributed by atoms with van der Waals surface area (Å²) >= 11 is 0. The fourth-order valence-electron chi connectivity index (χ4n) is 4.89. The van der Waals surface area contributed by atoms with E-state index in [2.05, 4.69) is 20.2 Å². The van der Waals surface area contributed by atoms with Crippen LogP contribution < -0.4 is 10.9 Å². The maximum absolute atomic E-state index is 13.3. The molecule has 3 heterocycles. The Balaban J connectivity index is 1.51. The molecule has 30 heavy (non-hydrogen) atoms. The van der Waals surface area contributed by atoms with E-state index in [9.17, 15) is 14.7 Å². The van der Waals surface area contributed by atoms with E-state index in [4.69, 9.17) is 4.74 Å². The molecule has 9 nitrogen and oxygen atoms in total. The Morgan fingerprint density at radius 3 is 2.83 bits per heavy atom. The lowest BCUT2D eigenvalue weighted by Gasteiger charge is -2.61. The summed E-state index contributed by atoms with van der Waals surface area (Å²) < 4.78 is 6.97. The van der Waals surface area contributed by atoms with Crippen LogP contribution in [0.3, 0.4) is 0 Å². The molecule has 160 valence electrons. The van der Waals surface area contributed by atoms with E-state index < -0.39 is 11.5 Å². The number of nitrogens with one attached hydrogen (secondary N) is 1. The Morgan fingerprint density at radius 2 is 2.10 bits per heavy atom. The molecule has 1 aliphatic heterocycles. The van der Waals surface area contributed by atoms with E-state index >= 15 is 0 Å². The van der Waals surface area contributed by atoms with Gasteiger partial charge in [0.15, 0.2) is 11.4 Å². The zero-order valence-corrected chi connectivity index (χ0v) is 17.2. The molecule has 2 aromatic heterocycles. The molecule has 4 aliphatic rings. The summed E-state index contributed by atoms with van der Waals surface area (Å²) in [5, 5.41) is 13.8. The number of ether oxygens (including phenoxy) is 1. The molecule has 3 aliphatic carbocycles. The van der Waals surface area contributed by atoms with Crippen LogP contribution in [-0.4, -0.2) is 68.8 Å². The largest absolute Gasteiger partial charge is 0.505 e. The third-order valence-electron chi connectivity index (χ3n) is 6.65. The summed E-state index contributed by atoms with van der Waals surface area (Å²) in [5.74, 6) is -0.203. The van der Waals surface area contributed by atoms with Crippen LogP contribution in [0.2, 0.25) is 0 Å². The van der Waals surface area contributed by atoms with Crippen LogP contribution in [0.15, 0.2) is 11.0 Å². The highest BCUT2D eigenvalue weighted by molar-refractivity contribution is 6.01. The molecule has 4 fully saturated rings. The van der Waals surface area contributed by atoms with Crippen molar-refractivity contribution in [2.24, 2.45) is 5.92 Å². The van der Waals surface area contributed by atoms with E-state index in [1.54, 1.807) is 13.1 Å². The molecular weight excluding hydrogens is 386 g/mol. The number of aryl methyl sites for hydroxylation is 1. The van der Waals surface area contributed by atoms with Gasteiger partial charge in [-0.05, 0) is 38.5 Å². The quantitative estimate of drug-likeness (QED) is 0.746. The van der Waals surface area contributed by atoms with E-state index in [0.29, 0.717) is 37.0 Å². The number of aromatic nitrogens is 3. The lowest BCUT2D eigenvalue weighted by molar-refractivity contribution is -0.0439. The van der Waals surface area contributed by atoms with Crippen molar-refractivity contribution in [3.8, 4) is 5.75 Å². The number of carbonyl (C=O) groups is 1. The Kier molecular flexibility index (Phi) is 4.74. The molecule has 6 rings (SSSR count). The van der Waals surface area contributed by atoms with Crippen LogP contribution in [-0.2, 0) is 11.3 Å². The molecular formula is C21H27N5O4. The minimum atomic E-state index is -0.520. The van der Waals surface area contributed by atoms with E-state index in [1.807, 2.05) is 0 Å². The van der Waals surface area contributed by atoms with Gasteiger partial charge in [0.2, 0.25) is 0 Å². The second kappa shape index (κ2) is 7.31. The van der Waals surface area contributed by atoms with Gasteiger partial charge in [0.25, 0.3) is 11.5 Å². The summed E-state index contributed by atoms with van der Waals surface area (Å²) in [6.45, 7) is 5.86. The fraction of sp³-hybridized carbons (Fsp3) is 0.619. The van der Waals surface area contributed by atoms with Crippen molar-refractivity contribution in [1.29, 1.82) is 0 Å². The SMILES string of the molecule is Cc1cnc2c(n1)c(O)c(C(=O)NC13CC(C1)C3)c(=O)n2CCN1CCCOCC1. The highest BCUT2D eigenvalue weighted by Crippen LogP contribution is 2.57. The van der Waals surface area contributed by atoms with E-state index in [0.717, 1.165) is 45.4 Å². The van der Waals surface area contributed by atoms with Gasteiger partial charge in [-0.3, -0.25) is 19.1 Å². The van der Waals surface area contributed by atoms with E-state index in [-0.39, 0.29) is 22.4 Å². The minimum absolute atomic E-state index is 0.190. The van der Waals surface area contributed by atoms with Gasteiger partial charge < -0.3 is 15.2 Å². The van der Waals surface area contributed by atoms with Crippen LogP contribution >= 0.6 is 0 Å². The Labute approximate surface area is 174 Å². The van der Waals surface area contributed by atoms with Crippen LogP contribution in [0, 0.1) is 12.8 Å². The highest BCUT2D eigenvalue weighted by atomic mass is 16.5. The predicted octanol–water partition coefficient (Wildman–Crippen LogP) is 0.810. The smallest absolute Gasteiger partial charge is 0.269 e. The molecule has 2 N–H and O–H groups in total. The standard InChI is InChI=1S/C21H27N5O4/c1-13-12-22-18-16(23-13)17(27)15(19(28)24-21-9-14(10-21)11-21)20(29)26(18)5-4-25-3-2-7-30-8-6-25/h12,14,27H,2-11H2,1H3,(H,24,28). The van der Waals surface area contributed by atoms with Crippen LogP contribution in [0.25, 0.3) is 11.2 Å². The number of carbonyl (C=O) groups excluding carboxylic acids is 1. The predicted molar refractivity (Wildman–Crippen MR) is 110 cm³/mol. The monoisotopic (exact) mass is 413 g/mol. The number of hydrogen-bond acceptors (Lipinski definition) is 7. The van der Waals surface area contributed by atoms with Gasteiger partial charge in [-0.1, -0.05) is 0 Å². The zero-order valence-electron chi connectivity index (χ0n) is 17.2. The number of nitrogens with zero attached hydrogens (tertiary/aromatic N) is 4. The van der Waals surface area contributed by atoms with Gasteiger partial charge in [-0.2, -0.15) is 0 Å². The second-order valence-corrected chi connectivity index (χ2v) is 8.88. The van der Waals surface area contributed by atoms with Crippen molar-refractivity contribution in [1.82, 2.24) is 24.8 Å². The van der Waals surface area contributed by atoms with Gasteiger partial charge in [0, 0.05) is 38.3 Å². The van der Waals surface area contributed by atoms with Crippen molar-refractivity contribution in [3.05, 3.63) is 27.8 Å². The molecule has 2 bridgehead atoms. The van der Waals surface area contributed by atoms with Crippen molar-refractivity contribution >= 4 is 17.1 Å². The summed E-state index contributed by atoms with van der Waals surface area (Å²) in [7, 11) is 0. The van der Waals surface area contributed by atoms with Gasteiger partial charge in [-0.15, -0.1) is 0 Å². The number of fused-ring (bicyclic) bond motifs is 1. The third kappa shape index (κ3) is 3.26. The molecule has 0 spiro atoms. The lowest BCUT2D eigenvalue weighted by Crippen LogP contribution is -2.68.